The monoisotopic (exact) mass is 319 g/mol. The molecule has 0 spiro atoms. The van der Waals surface area contributed by atoms with Crippen molar-refractivity contribution in [3.63, 3.8) is 0 Å². The number of nitrogens with zero attached hydrogens (tertiary/aromatic N) is 1. The molecule has 1 nitrogen and oxygen atoms in total. The van der Waals surface area contributed by atoms with Crippen molar-refractivity contribution in [3.05, 3.63) is 22.9 Å². The summed E-state index contributed by atoms with van der Waals surface area (Å²) in [6.45, 7) is 3.44. The fourth-order valence-corrected chi connectivity index (χ4v) is 6.37. The zero-order chi connectivity index (χ0) is 13.5. The van der Waals surface area contributed by atoms with Crippen LogP contribution in [0.1, 0.15) is 32.6 Å². The summed E-state index contributed by atoms with van der Waals surface area (Å²) in [4.78, 5) is 0. The van der Waals surface area contributed by atoms with Crippen molar-refractivity contribution < 1.29 is 0 Å². The second kappa shape index (κ2) is 5.17. The lowest BCUT2D eigenvalue weighted by atomic mass is 10.2. The maximum atomic E-state index is 2.58. The highest BCUT2D eigenvalue weighted by atomic mass is 32.1. The number of aromatic nitrogens is 1. The predicted octanol–water partition coefficient (Wildman–Crippen LogP) is 6.71. The minimum atomic E-state index is 1.17. The molecule has 4 aromatic rings. The maximum Gasteiger partial charge on any atom is 0.0791 e. The van der Waals surface area contributed by atoms with Gasteiger partial charge in [0.05, 0.1) is 25.1 Å². The average molecular weight is 320 g/mol. The molecule has 0 unspecified atom stereocenters. The van der Waals surface area contributed by atoms with Crippen LogP contribution in [0, 0.1) is 0 Å². The maximum absolute atomic E-state index is 2.58. The topological polar surface area (TPSA) is 4.93 Å². The molecule has 0 amide bonds. The number of hydrogen-bond acceptors (Lipinski definition) is 3. The molecule has 0 saturated heterocycles. The summed E-state index contributed by atoms with van der Waals surface area (Å²) < 4.78 is 8.52. The minimum Gasteiger partial charge on any atom is -0.338 e. The van der Waals surface area contributed by atoms with E-state index in [-0.39, 0.29) is 0 Å². The van der Waals surface area contributed by atoms with Gasteiger partial charge in [0.2, 0.25) is 0 Å². The van der Waals surface area contributed by atoms with Crippen LogP contribution in [0.15, 0.2) is 22.9 Å². The third kappa shape index (κ3) is 1.85. The molecule has 4 rings (SSSR count). The quantitative estimate of drug-likeness (QED) is 0.360. The van der Waals surface area contributed by atoms with Gasteiger partial charge in [0.1, 0.15) is 0 Å². The molecular formula is C16H17NS3. The predicted molar refractivity (Wildman–Crippen MR) is 94.7 cm³/mol. The number of hydrogen-bond donors (Lipinski definition) is 0. The Balaban J connectivity index is 1.86. The summed E-state index contributed by atoms with van der Waals surface area (Å²) in [5, 5.41) is 4.46. The molecule has 104 valence electrons. The first-order valence-electron chi connectivity index (χ1n) is 7.25. The molecule has 20 heavy (non-hydrogen) atoms. The Bertz CT molecular complexity index is 858. The Morgan fingerprint density at radius 2 is 1.80 bits per heavy atom. The summed E-state index contributed by atoms with van der Waals surface area (Å²) in [7, 11) is 0. The molecule has 0 N–H and O–H groups in total. The van der Waals surface area contributed by atoms with E-state index in [0.29, 0.717) is 0 Å². The molecule has 4 aromatic heterocycles. The largest absolute Gasteiger partial charge is 0.338 e. The van der Waals surface area contributed by atoms with Gasteiger partial charge in [-0.25, -0.2) is 0 Å². The Morgan fingerprint density at radius 1 is 0.950 bits per heavy atom. The van der Waals surface area contributed by atoms with Gasteiger partial charge in [0.15, 0.2) is 0 Å². The van der Waals surface area contributed by atoms with Crippen LogP contribution < -0.4 is 0 Å². The molecule has 0 aliphatic carbocycles. The molecule has 0 aliphatic heterocycles. The van der Waals surface area contributed by atoms with E-state index in [1.165, 1.54) is 62.1 Å². The van der Waals surface area contributed by atoms with Crippen molar-refractivity contribution in [1.29, 1.82) is 0 Å². The lowest BCUT2D eigenvalue weighted by molar-refractivity contribution is 0.603. The van der Waals surface area contributed by atoms with Gasteiger partial charge in [-0.2, -0.15) is 0 Å². The van der Waals surface area contributed by atoms with Gasteiger partial charge in [-0.15, -0.1) is 34.0 Å². The standard InChI is InChI=1S/C16H17NS3/c1-2-3-4-5-8-17-11-6-9-18-14(11)16-13(17)15-12(20-16)7-10-19-15/h6-7,9-10H,2-5,8H2,1H3. The SMILES string of the molecule is CCCCCCn1c2ccsc2c2sc3ccsc3c21. The number of fused-ring (bicyclic) bond motifs is 5. The first-order valence-corrected chi connectivity index (χ1v) is 9.83. The zero-order valence-corrected chi connectivity index (χ0v) is 14.0. The van der Waals surface area contributed by atoms with Gasteiger partial charge in [0, 0.05) is 11.2 Å². The molecule has 0 atom stereocenters. The van der Waals surface area contributed by atoms with Crippen molar-refractivity contribution in [3.8, 4) is 0 Å². The van der Waals surface area contributed by atoms with E-state index in [1.807, 2.05) is 34.0 Å². The van der Waals surface area contributed by atoms with Gasteiger partial charge >= 0.3 is 0 Å². The second-order valence-corrected chi connectivity index (χ2v) is 8.13. The average Bonchev–Trinajstić information content (AvgIpc) is 3.15. The van der Waals surface area contributed by atoms with Crippen LogP contribution in [-0.2, 0) is 6.54 Å². The van der Waals surface area contributed by atoms with Crippen LogP contribution in [0.4, 0.5) is 0 Å². The normalized spacial score (nSPS) is 12.2. The van der Waals surface area contributed by atoms with E-state index in [9.17, 15) is 0 Å². The Hall–Kier alpha value is -0.840. The zero-order valence-electron chi connectivity index (χ0n) is 11.5. The molecule has 4 heteroatoms. The van der Waals surface area contributed by atoms with Crippen LogP contribution in [0.5, 0.6) is 0 Å². The van der Waals surface area contributed by atoms with E-state index < -0.39 is 0 Å². The third-order valence-electron chi connectivity index (χ3n) is 3.92. The van der Waals surface area contributed by atoms with E-state index >= 15 is 0 Å². The van der Waals surface area contributed by atoms with E-state index in [2.05, 4.69) is 34.4 Å². The van der Waals surface area contributed by atoms with Gasteiger partial charge in [-0.05, 0) is 29.3 Å². The summed E-state index contributed by atoms with van der Waals surface area (Å²) in [5.74, 6) is 0. The summed E-state index contributed by atoms with van der Waals surface area (Å²) in [6.07, 6.45) is 5.31. The Kier molecular flexibility index (Phi) is 3.33. The minimum absolute atomic E-state index is 1.17. The fraction of sp³-hybridized carbons (Fsp3) is 0.375. The van der Waals surface area contributed by atoms with E-state index in [0.717, 1.165) is 0 Å². The molecule has 0 fully saturated rings. The summed E-state index contributed by atoms with van der Waals surface area (Å²) in [5.41, 5.74) is 2.95. The van der Waals surface area contributed by atoms with Crippen molar-refractivity contribution in [1.82, 2.24) is 4.57 Å². The fourth-order valence-electron chi connectivity index (χ4n) is 2.95. The van der Waals surface area contributed by atoms with Crippen LogP contribution in [0.2, 0.25) is 0 Å². The molecule has 0 radical (unpaired) electrons. The molecule has 0 aromatic carbocycles. The Labute approximate surface area is 130 Å². The molecule has 4 heterocycles. The van der Waals surface area contributed by atoms with Gasteiger partial charge in [-0.1, -0.05) is 26.2 Å². The van der Waals surface area contributed by atoms with Crippen LogP contribution >= 0.6 is 34.0 Å². The van der Waals surface area contributed by atoms with Crippen molar-refractivity contribution in [2.45, 2.75) is 39.2 Å². The van der Waals surface area contributed by atoms with Crippen LogP contribution in [0.3, 0.4) is 0 Å². The third-order valence-corrected chi connectivity index (χ3v) is 7.18. The first-order chi connectivity index (χ1) is 9.90. The van der Waals surface area contributed by atoms with Gasteiger partial charge in [0.25, 0.3) is 0 Å². The molecule has 0 aliphatic rings. The lowest BCUT2D eigenvalue weighted by Gasteiger charge is -2.05. The van der Waals surface area contributed by atoms with Crippen LogP contribution in [0.25, 0.3) is 29.8 Å². The highest BCUT2D eigenvalue weighted by Crippen LogP contribution is 2.44. The molecule has 0 saturated carbocycles. The summed E-state index contributed by atoms with van der Waals surface area (Å²) >= 11 is 5.76. The number of aryl methyl sites for hydroxylation is 1. The smallest absolute Gasteiger partial charge is 0.0791 e. The van der Waals surface area contributed by atoms with Crippen LogP contribution in [-0.4, -0.2) is 4.57 Å². The number of rotatable bonds is 5. The van der Waals surface area contributed by atoms with E-state index in [1.54, 1.807) is 0 Å². The van der Waals surface area contributed by atoms with Crippen molar-refractivity contribution in [2.75, 3.05) is 0 Å². The van der Waals surface area contributed by atoms with Gasteiger partial charge < -0.3 is 4.57 Å². The van der Waals surface area contributed by atoms with Gasteiger partial charge in [-0.3, -0.25) is 0 Å². The Morgan fingerprint density at radius 3 is 2.70 bits per heavy atom. The number of unbranched alkanes of at least 4 members (excludes halogenated alkanes) is 3. The molecule has 0 bridgehead atoms. The first kappa shape index (κ1) is 12.9. The number of thiophene rings is 3. The lowest BCUT2D eigenvalue weighted by Crippen LogP contribution is -1.96. The van der Waals surface area contributed by atoms with Crippen molar-refractivity contribution in [2.24, 2.45) is 0 Å². The molecular weight excluding hydrogens is 302 g/mol. The highest BCUT2D eigenvalue weighted by molar-refractivity contribution is 7.34. The summed E-state index contributed by atoms with van der Waals surface area (Å²) in [6, 6.07) is 4.57. The van der Waals surface area contributed by atoms with E-state index in [4.69, 9.17) is 0 Å². The highest BCUT2D eigenvalue weighted by Gasteiger charge is 2.17. The second-order valence-electron chi connectivity index (χ2n) is 5.24. The van der Waals surface area contributed by atoms with Crippen molar-refractivity contribution >= 4 is 63.8 Å².